The minimum atomic E-state index is -0.209. The Hall–Kier alpha value is -2.11. The van der Waals surface area contributed by atoms with Gasteiger partial charge in [-0.05, 0) is 18.9 Å². The van der Waals surface area contributed by atoms with E-state index in [2.05, 4.69) is 20.5 Å². The van der Waals surface area contributed by atoms with Crippen molar-refractivity contribution in [2.45, 2.75) is 12.8 Å². The first-order valence-electron chi connectivity index (χ1n) is 5.12. The van der Waals surface area contributed by atoms with Gasteiger partial charge in [0, 0.05) is 12.0 Å². The lowest BCUT2D eigenvalue weighted by molar-refractivity contribution is -0.117. The lowest BCUT2D eigenvalue weighted by Crippen LogP contribution is -2.13. The predicted molar refractivity (Wildman–Crippen MR) is 58.1 cm³/mol. The van der Waals surface area contributed by atoms with Gasteiger partial charge in [-0.1, -0.05) is 0 Å². The van der Waals surface area contributed by atoms with Gasteiger partial charge in [0.1, 0.15) is 5.82 Å². The SMILES string of the molecule is O=C(Nc1[nH]nc2[nH]c(=O)ccc12)C1CC1. The first kappa shape index (κ1) is 9.14. The summed E-state index contributed by atoms with van der Waals surface area (Å²) in [4.78, 5) is 25.2. The molecule has 1 aliphatic rings. The van der Waals surface area contributed by atoms with Crippen LogP contribution in [-0.4, -0.2) is 21.1 Å². The number of rotatable bonds is 2. The average molecular weight is 218 g/mol. The van der Waals surface area contributed by atoms with Crippen LogP contribution in [0.1, 0.15) is 12.8 Å². The molecular weight excluding hydrogens is 208 g/mol. The van der Waals surface area contributed by atoms with Crippen LogP contribution in [0.15, 0.2) is 16.9 Å². The summed E-state index contributed by atoms with van der Waals surface area (Å²) in [7, 11) is 0. The standard InChI is InChI=1S/C10H10N4O2/c15-7-4-3-6-8(11-7)13-14-9(6)12-10(16)5-1-2-5/h3-5H,1-2H2,(H3,11,12,13,14,15,16). The Bertz CT molecular complexity index is 609. The Morgan fingerprint density at radius 1 is 1.44 bits per heavy atom. The van der Waals surface area contributed by atoms with Crippen LogP contribution >= 0.6 is 0 Å². The number of aromatic amines is 2. The summed E-state index contributed by atoms with van der Waals surface area (Å²) in [5, 5.41) is 10.1. The summed E-state index contributed by atoms with van der Waals surface area (Å²) in [5.41, 5.74) is 0.248. The molecule has 0 aliphatic heterocycles. The number of aromatic nitrogens is 3. The molecule has 0 bridgehead atoms. The first-order valence-corrected chi connectivity index (χ1v) is 5.12. The molecule has 0 radical (unpaired) electrons. The van der Waals surface area contributed by atoms with Crippen LogP contribution in [0.2, 0.25) is 0 Å². The Morgan fingerprint density at radius 3 is 3.00 bits per heavy atom. The van der Waals surface area contributed by atoms with Crippen molar-refractivity contribution in [2.75, 3.05) is 5.32 Å². The van der Waals surface area contributed by atoms with Crippen LogP contribution in [0, 0.1) is 5.92 Å². The van der Waals surface area contributed by atoms with Crippen molar-refractivity contribution >= 4 is 22.8 Å². The highest BCUT2D eigenvalue weighted by Crippen LogP contribution is 2.30. The zero-order valence-electron chi connectivity index (χ0n) is 8.41. The lowest BCUT2D eigenvalue weighted by Gasteiger charge is -2.00. The van der Waals surface area contributed by atoms with Crippen molar-refractivity contribution in [1.82, 2.24) is 15.2 Å². The van der Waals surface area contributed by atoms with Crippen LogP contribution in [0.25, 0.3) is 11.0 Å². The molecule has 1 aliphatic carbocycles. The van der Waals surface area contributed by atoms with Gasteiger partial charge in [-0.15, -0.1) is 0 Å². The number of hydrogen-bond acceptors (Lipinski definition) is 3. The van der Waals surface area contributed by atoms with Crippen LogP contribution < -0.4 is 10.9 Å². The van der Waals surface area contributed by atoms with Crippen LogP contribution in [0.3, 0.4) is 0 Å². The minimum Gasteiger partial charge on any atom is -0.310 e. The number of fused-ring (bicyclic) bond motifs is 1. The highest BCUT2D eigenvalue weighted by atomic mass is 16.2. The lowest BCUT2D eigenvalue weighted by atomic mass is 10.3. The molecule has 0 atom stereocenters. The highest BCUT2D eigenvalue weighted by Gasteiger charge is 2.30. The molecule has 6 heteroatoms. The predicted octanol–water partition coefficient (Wildman–Crippen LogP) is 0.600. The normalized spacial score (nSPS) is 15.2. The van der Waals surface area contributed by atoms with Crippen molar-refractivity contribution in [3.63, 3.8) is 0 Å². The van der Waals surface area contributed by atoms with Gasteiger partial charge in [-0.2, -0.15) is 5.10 Å². The van der Waals surface area contributed by atoms with Gasteiger partial charge in [-0.25, -0.2) is 0 Å². The van der Waals surface area contributed by atoms with Gasteiger partial charge in [0.05, 0.1) is 5.39 Å². The number of nitrogens with zero attached hydrogens (tertiary/aromatic N) is 1. The summed E-state index contributed by atoms with van der Waals surface area (Å²) in [6, 6.07) is 3.05. The van der Waals surface area contributed by atoms with Gasteiger partial charge >= 0.3 is 0 Å². The molecule has 2 aromatic heterocycles. The topological polar surface area (TPSA) is 90.6 Å². The number of anilines is 1. The number of amides is 1. The Kier molecular flexibility index (Phi) is 1.82. The molecule has 3 N–H and O–H groups in total. The van der Waals surface area contributed by atoms with Crippen LogP contribution in [-0.2, 0) is 4.79 Å². The molecular formula is C10H10N4O2. The molecule has 82 valence electrons. The van der Waals surface area contributed by atoms with Crippen molar-refractivity contribution in [2.24, 2.45) is 5.92 Å². The smallest absolute Gasteiger partial charge is 0.249 e. The van der Waals surface area contributed by atoms with Crippen LogP contribution in [0.5, 0.6) is 0 Å². The summed E-state index contributed by atoms with van der Waals surface area (Å²) in [6.07, 6.45) is 1.91. The highest BCUT2D eigenvalue weighted by molar-refractivity contribution is 6.00. The molecule has 2 heterocycles. The van der Waals surface area contributed by atoms with E-state index in [0.717, 1.165) is 12.8 Å². The number of hydrogen-bond donors (Lipinski definition) is 3. The molecule has 1 fully saturated rings. The van der Waals surface area contributed by atoms with E-state index in [1.54, 1.807) is 6.07 Å². The fourth-order valence-electron chi connectivity index (χ4n) is 1.59. The second kappa shape index (κ2) is 3.19. The van der Waals surface area contributed by atoms with Crippen molar-refractivity contribution < 1.29 is 4.79 Å². The second-order valence-corrected chi connectivity index (χ2v) is 3.95. The second-order valence-electron chi connectivity index (χ2n) is 3.95. The van der Waals surface area contributed by atoms with E-state index in [1.807, 2.05) is 0 Å². The molecule has 3 rings (SSSR count). The molecule has 1 saturated carbocycles. The van der Waals surface area contributed by atoms with E-state index in [9.17, 15) is 9.59 Å². The quantitative estimate of drug-likeness (QED) is 0.689. The summed E-state index contributed by atoms with van der Waals surface area (Å²) in [6.45, 7) is 0. The maximum Gasteiger partial charge on any atom is 0.249 e. The maximum atomic E-state index is 11.6. The van der Waals surface area contributed by atoms with Crippen molar-refractivity contribution in [1.29, 1.82) is 0 Å². The Morgan fingerprint density at radius 2 is 2.25 bits per heavy atom. The van der Waals surface area contributed by atoms with E-state index in [4.69, 9.17) is 0 Å². The molecule has 1 amide bonds. The Labute approximate surface area is 90.1 Å². The van der Waals surface area contributed by atoms with Gasteiger partial charge in [0.25, 0.3) is 0 Å². The molecule has 6 nitrogen and oxygen atoms in total. The molecule has 0 aromatic carbocycles. The number of nitrogens with one attached hydrogen (secondary N) is 3. The van der Waals surface area contributed by atoms with Crippen molar-refractivity contribution in [3.8, 4) is 0 Å². The maximum absolute atomic E-state index is 11.6. The molecule has 16 heavy (non-hydrogen) atoms. The number of pyridine rings is 1. The van der Waals surface area contributed by atoms with Gasteiger partial charge in [0.2, 0.25) is 11.5 Å². The van der Waals surface area contributed by atoms with E-state index < -0.39 is 0 Å². The minimum absolute atomic E-state index is 0.0109. The Balaban J connectivity index is 1.97. The monoisotopic (exact) mass is 218 g/mol. The largest absolute Gasteiger partial charge is 0.310 e. The molecule has 0 unspecified atom stereocenters. The zero-order chi connectivity index (χ0) is 11.1. The summed E-state index contributed by atoms with van der Waals surface area (Å²) >= 11 is 0. The summed E-state index contributed by atoms with van der Waals surface area (Å²) < 4.78 is 0. The fourth-order valence-corrected chi connectivity index (χ4v) is 1.59. The average Bonchev–Trinajstić information content (AvgIpc) is 3.03. The number of carbonyl (C=O) groups excluding carboxylic acids is 1. The third kappa shape index (κ3) is 1.48. The third-order valence-electron chi connectivity index (χ3n) is 2.64. The molecule has 2 aromatic rings. The van der Waals surface area contributed by atoms with E-state index >= 15 is 0 Å². The molecule has 0 spiro atoms. The van der Waals surface area contributed by atoms with Crippen molar-refractivity contribution in [3.05, 3.63) is 22.5 Å². The zero-order valence-corrected chi connectivity index (χ0v) is 8.41. The number of carbonyl (C=O) groups is 1. The van der Waals surface area contributed by atoms with E-state index in [0.29, 0.717) is 16.9 Å². The molecule has 0 saturated heterocycles. The van der Waals surface area contributed by atoms with E-state index in [1.165, 1.54) is 6.07 Å². The number of H-pyrrole nitrogens is 2. The summed E-state index contributed by atoms with van der Waals surface area (Å²) in [5.74, 6) is 0.695. The van der Waals surface area contributed by atoms with Gasteiger partial charge < -0.3 is 10.3 Å². The van der Waals surface area contributed by atoms with Gasteiger partial charge in [-0.3, -0.25) is 14.7 Å². The van der Waals surface area contributed by atoms with Gasteiger partial charge in [0.15, 0.2) is 5.65 Å². The van der Waals surface area contributed by atoms with E-state index in [-0.39, 0.29) is 17.4 Å². The van der Waals surface area contributed by atoms with Crippen LogP contribution in [0.4, 0.5) is 5.82 Å². The fraction of sp³-hybridized carbons (Fsp3) is 0.300. The third-order valence-corrected chi connectivity index (χ3v) is 2.64. The first-order chi connectivity index (χ1) is 7.74.